The molecule has 1 fully saturated rings. The van der Waals surface area contributed by atoms with Gasteiger partial charge in [0.15, 0.2) is 0 Å². The fourth-order valence-electron chi connectivity index (χ4n) is 2.32. The number of aromatic nitrogens is 3. The van der Waals surface area contributed by atoms with Crippen LogP contribution in [0.4, 0.5) is 11.9 Å². The summed E-state index contributed by atoms with van der Waals surface area (Å²) in [4.78, 5) is 14.6. The summed E-state index contributed by atoms with van der Waals surface area (Å²) in [7, 11) is 0. The van der Waals surface area contributed by atoms with Crippen LogP contribution in [-0.4, -0.2) is 45.8 Å². The number of nitrogens with one attached hydrogen (secondary N) is 1. The molecule has 1 aliphatic rings. The highest BCUT2D eigenvalue weighted by atomic mass is 35.5. The molecule has 0 radical (unpaired) electrons. The maximum Gasteiger partial charge on any atom is 0.231 e. The van der Waals surface area contributed by atoms with E-state index in [0.29, 0.717) is 17.8 Å². The monoisotopic (exact) mass is 285 g/mol. The number of halogens is 1. The van der Waals surface area contributed by atoms with Gasteiger partial charge in [-0.05, 0) is 30.4 Å². The van der Waals surface area contributed by atoms with Crippen LogP contribution in [0, 0.1) is 5.92 Å². The fourth-order valence-corrected chi connectivity index (χ4v) is 2.47. The van der Waals surface area contributed by atoms with Gasteiger partial charge in [-0.1, -0.05) is 13.8 Å². The van der Waals surface area contributed by atoms with Crippen LogP contribution >= 0.6 is 11.6 Å². The Morgan fingerprint density at radius 1 is 1.42 bits per heavy atom. The van der Waals surface area contributed by atoms with E-state index in [1.54, 1.807) is 0 Å². The molecule has 0 bridgehead atoms. The largest absolute Gasteiger partial charge is 0.394 e. The summed E-state index contributed by atoms with van der Waals surface area (Å²) in [6, 6.07) is 0.0532. The van der Waals surface area contributed by atoms with E-state index in [4.69, 9.17) is 11.6 Å². The van der Waals surface area contributed by atoms with Crippen molar-refractivity contribution >= 4 is 23.5 Å². The SMILES string of the molecule is CCCNc1nc(Cl)nc(N2CCC(C)C2CO)n1. The van der Waals surface area contributed by atoms with Gasteiger partial charge in [0.05, 0.1) is 12.6 Å². The summed E-state index contributed by atoms with van der Waals surface area (Å²) in [6.45, 7) is 5.92. The average molecular weight is 286 g/mol. The highest BCUT2D eigenvalue weighted by Gasteiger charge is 2.32. The summed E-state index contributed by atoms with van der Waals surface area (Å²) in [5, 5.41) is 12.8. The molecular weight excluding hydrogens is 266 g/mol. The predicted octanol–water partition coefficient (Wildman–Crippen LogP) is 1.55. The predicted molar refractivity (Wildman–Crippen MR) is 75.6 cm³/mol. The maximum atomic E-state index is 9.49. The first kappa shape index (κ1) is 14.3. The minimum Gasteiger partial charge on any atom is -0.394 e. The molecule has 1 aromatic heterocycles. The van der Waals surface area contributed by atoms with E-state index in [0.717, 1.165) is 25.9 Å². The summed E-state index contributed by atoms with van der Waals surface area (Å²) in [5.74, 6) is 1.46. The second kappa shape index (κ2) is 6.34. The van der Waals surface area contributed by atoms with Gasteiger partial charge in [0.1, 0.15) is 0 Å². The van der Waals surface area contributed by atoms with Gasteiger partial charge in [-0.2, -0.15) is 15.0 Å². The minimum atomic E-state index is 0.0532. The van der Waals surface area contributed by atoms with Crippen molar-refractivity contribution in [3.8, 4) is 0 Å². The average Bonchev–Trinajstić information content (AvgIpc) is 2.76. The Morgan fingerprint density at radius 2 is 2.21 bits per heavy atom. The van der Waals surface area contributed by atoms with Gasteiger partial charge >= 0.3 is 0 Å². The van der Waals surface area contributed by atoms with Crippen LogP contribution in [0.3, 0.4) is 0 Å². The lowest BCUT2D eigenvalue weighted by Crippen LogP contribution is -2.36. The van der Waals surface area contributed by atoms with Gasteiger partial charge in [0.25, 0.3) is 0 Å². The highest BCUT2D eigenvalue weighted by molar-refractivity contribution is 6.28. The van der Waals surface area contributed by atoms with Crippen LogP contribution in [0.1, 0.15) is 26.7 Å². The Morgan fingerprint density at radius 3 is 2.89 bits per heavy atom. The second-order valence-electron chi connectivity index (χ2n) is 4.86. The van der Waals surface area contributed by atoms with Gasteiger partial charge in [0.2, 0.25) is 17.2 Å². The van der Waals surface area contributed by atoms with Crippen molar-refractivity contribution < 1.29 is 5.11 Å². The lowest BCUT2D eigenvalue weighted by atomic mass is 10.0. The number of aliphatic hydroxyl groups excluding tert-OH is 1. The number of aliphatic hydroxyl groups is 1. The third kappa shape index (κ3) is 3.25. The van der Waals surface area contributed by atoms with Crippen LogP contribution < -0.4 is 10.2 Å². The van der Waals surface area contributed by atoms with E-state index in [9.17, 15) is 5.11 Å². The maximum absolute atomic E-state index is 9.49. The van der Waals surface area contributed by atoms with Crippen LogP contribution in [0.5, 0.6) is 0 Å². The van der Waals surface area contributed by atoms with Crippen molar-refractivity contribution in [3.63, 3.8) is 0 Å². The zero-order valence-electron chi connectivity index (χ0n) is 11.3. The van der Waals surface area contributed by atoms with Crippen molar-refractivity contribution in [1.82, 2.24) is 15.0 Å². The van der Waals surface area contributed by atoms with Crippen LogP contribution in [-0.2, 0) is 0 Å². The van der Waals surface area contributed by atoms with Gasteiger partial charge in [0, 0.05) is 13.1 Å². The Balaban J connectivity index is 2.21. The summed E-state index contributed by atoms with van der Waals surface area (Å²) in [5.41, 5.74) is 0. The minimum absolute atomic E-state index is 0.0532. The lowest BCUT2D eigenvalue weighted by molar-refractivity contribution is 0.244. The molecule has 19 heavy (non-hydrogen) atoms. The normalized spacial score (nSPS) is 22.8. The third-order valence-corrected chi connectivity index (χ3v) is 3.62. The molecule has 0 amide bonds. The molecule has 2 N–H and O–H groups in total. The Hall–Kier alpha value is -1.14. The van der Waals surface area contributed by atoms with E-state index in [-0.39, 0.29) is 17.9 Å². The molecule has 2 atom stereocenters. The zero-order chi connectivity index (χ0) is 13.8. The molecule has 0 saturated carbocycles. The topological polar surface area (TPSA) is 74.2 Å². The number of hydrogen-bond donors (Lipinski definition) is 2. The van der Waals surface area contributed by atoms with Crippen LogP contribution in [0.25, 0.3) is 0 Å². The van der Waals surface area contributed by atoms with Crippen molar-refractivity contribution in [1.29, 1.82) is 0 Å². The molecule has 0 spiro atoms. The second-order valence-corrected chi connectivity index (χ2v) is 5.20. The van der Waals surface area contributed by atoms with E-state index in [1.807, 2.05) is 4.90 Å². The summed E-state index contributed by atoms with van der Waals surface area (Å²) in [6.07, 6.45) is 2.00. The smallest absolute Gasteiger partial charge is 0.231 e. The quantitative estimate of drug-likeness (QED) is 0.855. The molecule has 0 aliphatic carbocycles. The van der Waals surface area contributed by atoms with Gasteiger partial charge in [-0.15, -0.1) is 0 Å². The number of rotatable bonds is 5. The Labute approximate surface area is 118 Å². The molecule has 7 heteroatoms. The third-order valence-electron chi connectivity index (χ3n) is 3.46. The number of anilines is 2. The zero-order valence-corrected chi connectivity index (χ0v) is 12.1. The molecule has 0 aromatic carbocycles. The van der Waals surface area contributed by atoms with Crippen molar-refractivity contribution in [2.24, 2.45) is 5.92 Å². The summed E-state index contributed by atoms with van der Waals surface area (Å²) >= 11 is 5.94. The molecule has 1 aromatic rings. The molecule has 106 valence electrons. The molecule has 2 rings (SSSR count). The lowest BCUT2D eigenvalue weighted by Gasteiger charge is -2.25. The molecule has 2 unspecified atom stereocenters. The molecule has 1 aliphatic heterocycles. The Kier molecular flexibility index (Phi) is 4.76. The van der Waals surface area contributed by atoms with E-state index in [1.165, 1.54) is 0 Å². The first-order chi connectivity index (χ1) is 9.15. The van der Waals surface area contributed by atoms with Crippen molar-refractivity contribution in [3.05, 3.63) is 5.28 Å². The molecule has 2 heterocycles. The molecule has 6 nitrogen and oxygen atoms in total. The Bertz CT molecular complexity index is 431. The first-order valence-electron chi connectivity index (χ1n) is 6.68. The van der Waals surface area contributed by atoms with E-state index < -0.39 is 0 Å². The van der Waals surface area contributed by atoms with E-state index >= 15 is 0 Å². The standard InChI is InChI=1S/C12H20ClN5O/c1-3-5-14-11-15-10(13)16-12(17-11)18-6-4-8(2)9(18)7-19/h8-9,19H,3-7H2,1-2H3,(H,14,15,16,17). The van der Waals surface area contributed by atoms with Gasteiger partial charge in [-0.25, -0.2) is 0 Å². The van der Waals surface area contributed by atoms with E-state index in [2.05, 4.69) is 34.1 Å². The number of hydrogen-bond acceptors (Lipinski definition) is 6. The molecule has 1 saturated heterocycles. The van der Waals surface area contributed by atoms with Crippen molar-refractivity contribution in [2.75, 3.05) is 29.9 Å². The summed E-state index contributed by atoms with van der Waals surface area (Å²) < 4.78 is 0. The number of nitrogens with zero attached hydrogens (tertiary/aromatic N) is 4. The van der Waals surface area contributed by atoms with Gasteiger partial charge in [-0.3, -0.25) is 0 Å². The molecular formula is C12H20ClN5O. The fraction of sp³-hybridized carbons (Fsp3) is 0.750. The highest BCUT2D eigenvalue weighted by Crippen LogP contribution is 2.28. The van der Waals surface area contributed by atoms with Crippen LogP contribution in [0.2, 0.25) is 5.28 Å². The van der Waals surface area contributed by atoms with Crippen LogP contribution in [0.15, 0.2) is 0 Å². The van der Waals surface area contributed by atoms with Crippen molar-refractivity contribution in [2.45, 2.75) is 32.7 Å². The van der Waals surface area contributed by atoms with Gasteiger partial charge < -0.3 is 15.3 Å². The first-order valence-corrected chi connectivity index (χ1v) is 7.06.